The highest BCUT2D eigenvalue weighted by Gasteiger charge is 2.48. The zero-order valence-electron chi connectivity index (χ0n) is 19.8. The van der Waals surface area contributed by atoms with E-state index in [2.05, 4.69) is 10.2 Å². The second-order valence-electron chi connectivity index (χ2n) is 8.93. The zero-order valence-corrected chi connectivity index (χ0v) is 21.5. The molecule has 0 unspecified atom stereocenters. The molecule has 0 saturated carbocycles. The molecule has 4 nitrogen and oxygen atoms in total. The molecule has 1 aliphatic rings. The van der Waals surface area contributed by atoms with Crippen LogP contribution in [0.2, 0.25) is 0 Å². The van der Waals surface area contributed by atoms with Crippen molar-refractivity contribution in [2.75, 3.05) is 11.5 Å². The SMILES string of the molecule is CCC(CC)(c1ccc(OS(=O)(=O)C(F)(F)F)c(C)c1)c1ccc(C2(O)CCSCC2)c(C)c1. The Balaban J connectivity index is 2.01. The molecule has 0 amide bonds. The molecule has 1 saturated heterocycles. The Hall–Kier alpha value is -1.71. The van der Waals surface area contributed by atoms with E-state index in [9.17, 15) is 26.7 Å². The third-order valence-electron chi connectivity index (χ3n) is 7.02. The standard InChI is InChI=1S/C25H31F3O4S2/c1-5-23(6-2,19-7-9-21(17(3)15-19)24(29)11-13-33-14-12-24)20-8-10-22(18(4)16-20)32-34(30,31)25(26,27)28/h7-10,15-16,29H,5-6,11-14H2,1-4H3. The van der Waals surface area contributed by atoms with Crippen LogP contribution in [0.3, 0.4) is 0 Å². The summed E-state index contributed by atoms with van der Waals surface area (Å²) in [7, 11) is -5.74. The van der Waals surface area contributed by atoms with Gasteiger partial charge in [0, 0.05) is 5.41 Å². The minimum atomic E-state index is -5.74. The van der Waals surface area contributed by atoms with E-state index in [4.69, 9.17) is 0 Å². The predicted molar refractivity (Wildman–Crippen MR) is 130 cm³/mol. The first-order chi connectivity index (χ1) is 15.8. The Bertz CT molecular complexity index is 1130. The lowest BCUT2D eigenvalue weighted by Gasteiger charge is -2.37. The Morgan fingerprint density at radius 1 is 0.971 bits per heavy atom. The second-order valence-corrected chi connectivity index (χ2v) is 11.7. The molecule has 0 aromatic heterocycles. The highest BCUT2D eigenvalue weighted by molar-refractivity contribution is 7.99. The van der Waals surface area contributed by atoms with Crippen molar-refractivity contribution < 1.29 is 30.9 Å². The lowest BCUT2D eigenvalue weighted by molar-refractivity contribution is -0.0500. The molecular formula is C25H31F3O4S2. The summed E-state index contributed by atoms with van der Waals surface area (Å²) < 4.78 is 65.5. The highest BCUT2D eigenvalue weighted by Crippen LogP contribution is 2.43. The Kier molecular flexibility index (Phi) is 7.70. The Morgan fingerprint density at radius 2 is 1.50 bits per heavy atom. The van der Waals surface area contributed by atoms with Crippen LogP contribution in [0.4, 0.5) is 13.2 Å². The van der Waals surface area contributed by atoms with Gasteiger partial charge in [-0.1, -0.05) is 44.2 Å². The molecule has 1 fully saturated rings. The van der Waals surface area contributed by atoms with Gasteiger partial charge >= 0.3 is 15.6 Å². The number of alkyl halides is 3. The van der Waals surface area contributed by atoms with Gasteiger partial charge in [-0.3, -0.25) is 0 Å². The summed E-state index contributed by atoms with van der Waals surface area (Å²) in [5.41, 5.74) is -2.58. The van der Waals surface area contributed by atoms with Gasteiger partial charge in [0.25, 0.3) is 0 Å². The summed E-state index contributed by atoms with van der Waals surface area (Å²) in [6, 6.07) is 10.7. The molecular weight excluding hydrogens is 485 g/mol. The summed E-state index contributed by atoms with van der Waals surface area (Å²) in [4.78, 5) is 0. The fraction of sp³-hybridized carbons (Fsp3) is 0.520. The van der Waals surface area contributed by atoms with Crippen molar-refractivity contribution >= 4 is 21.9 Å². The van der Waals surface area contributed by atoms with Gasteiger partial charge in [0.1, 0.15) is 5.75 Å². The minimum absolute atomic E-state index is 0.305. The number of aliphatic hydroxyl groups is 1. The highest BCUT2D eigenvalue weighted by atomic mass is 32.2. The van der Waals surface area contributed by atoms with Crippen molar-refractivity contribution in [2.24, 2.45) is 0 Å². The van der Waals surface area contributed by atoms with Crippen LogP contribution in [0, 0.1) is 13.8 Å². The molecule has 2 aromatic rings. The average Bonchev–Trinajstić information content (AvgIpc) is 2.76. The number of aryl methyl sites for hydroxylation is 2. The molecule has 1 N–H and O–H groups in total. The monoisotopic (exact) mass is 516 g/mol. The fourth-order valence-electron chi connectivity index (χ4n) is 4.90. The third-order valence-corrected chi connectivity index (χ3v) is 8.97. The number of hydrogen-bond acceptors (Lipinski definition) is 5. The van der Waals surface area contributed by atoms with Crippen molar-refractivity contribution in [1.29, 1.82) is 0 Å². The summed E-state index contributed by atoms with van der Waals surface area (Å²) in [6.07, 6.45) is 2.88. The predicted octanol–water partition coefficient (Wildman–Crippen LogP) is 6.35. The molecule has 188 valence electrons. The van der Waals surface area contributed by atoms with E-state index in [0.717, 1.165) is 46.6 Å². The van der Waals surface area contributed by atoms with E-state index in [1.54, 1.807) is 12.1 Å². The average molecular weight is 517 g/mol. The van der Waals surface area contributed by atoms with Crippen molar-refractivity contribution in [3.8, 4) is 5.75 Å². The molecule has 0 aliphatic carbocycles. The lowest BCUT2D eigenvalue weighted by Crippen LogP contribution is -2.32. The minimum Gasteiger partial charge on any atom is -0.385 e. The first kappa shape index (κ1) is 26.9. The molecule has 34 heavy (non-hydrogen) atoms. The van der Waals surface area contributed by atoms with Gasteiger partial charge in [0.05, 0.1) is 5.60 Å². The number of hydrogen-bond donors (Lipinski definition) is 1. The number of halogens is 3. The van der Waals surface area contributed by atoms with E-state index in [0.29, 0.717) is 18.4 Å². The lowest BCUT2D eigenvalue weighted by atomic mass is 9.69. The van der Waals surface area contributed by atoms with E-state index in [1.807, 2.05) is 44.7 Å². The molecule has 9 heteroatoms. The Labute approximate surface area is 204 Å². The van der Waals surface area contributed by atoms with Crippen LogP contribution in [-0.4, -0.2) is 30.5 Å². The van der Waals surface area contributed by atoms with Crippen LogP contribution in [0.25, 0.3) is 0 Å². The maximum absolute atomic E-state index is 12.7. The zero-order chi connectivity index (χ0) is 25.4. The van der Waals surface area contributed by atoms with E-state index >= 15 is 0 Å². The van der Waals surface area contributed by atoms with E-state index < -0.39 is 26.6 Å². The topological polar surface area (TPSA) is 63.6 Å². The smallest absolute Gasteiger partial charge is 0.385 e. The maximum Gasteiger partial charge on any atom is 0.534 e. The van der Waals surface area contributed by atoms with Crippen LogP contribution < -0.4 is 4.18 Å². The molecule has 2 aromatic carbocycles. The van der Waals surface area contributed by atoms with Gasteiger partial charge < -0.3 is 9.29 Å². The largest absolute Gasteiger partial charge is 0.534 e. The van der Waals surface area contributed by atoms with E-state index in [1.165, 1.54) is 13.0 Å². The van der Waals surface area contributed by atoms with Crippen LogP contribution in [0.1, 0.15) is 67.3 Å². The Morgan fingerprint density at radius 3 is 1.97 bits per heavy atom. The molecule has 1 heterocycles. The van der Waals surface area contributed by atoms with Gasteiger partial charge in [-0.15, -0.1) is 0 Å². The molecule has 0 bridgehead atoms. The van der Waals surface area contributed by atoms with Crippen molar-refractivity contribution in [2.45, 2.75) is 69.9 Å². The second kappa shape index (κ2) is 9.74. The van der Waals surface area contributed by atoms with Gasteiger partial charge in [0.15, 0.2) is 0 Å². The molecule has 3 rings (SSSR count). The third kappa shape index (κ3) is 4.97. The van der Waals surface area contributed by atoms with Gasteiger partial charge in [0.2, 0.25) is 0 Å². The fourth-order valence-corrected chi connectivity index (χ4v) is 6.59. The normalized spacial score (nSPS) is 16.9. The van der Waals surface area contributed by atoms with Gasteiger partial charge in [-0.05, 0) is 84.9 Å². The van der Waals surface area contributed by atoms with Crippen LogP contribution >= 0.6 is 11.8 Å². The van der Waals surface area contributed by atoms with Crippen molar-refractivity contribution in [3.05, 3.63) is 64.2 Å². The summed E-state index contributed by atoms with van der Waals surface area (Å²) in [6.45, 7) is 7.63. The molecule has 0 atom stereocenters. The number of rotatable bonds is 7. The van der Waals surface area contributed by atoms with Crippen molar-refractivity contribution in [3.63, 3.8) is 0 Å². The first-order valence-electron chi connectivity index (χ1n) is 11.3. The molecule has 0 spiro atoms. The molecule has 1 aliphatic heterocycles. The quantitative estimate of drug-likeness (QED) is 0.343. The van der Waals surface area contributed by atoms with Crippen LogP contribution in [-0.2, 0) is 21.1 Å². The van der Waals surface area contributed by atoms with Crippen molar-refractivity contribution in [1.82, 2.24) is 0 Å². The van der Waals surface area contributed by atoms with Crippen LogP contribution in [0.5, 0.6) is 5.75 Å². The van der Waals surface area contributed by atoms with E-state index in [-0.39, 0.29) is 5.75 Å². The summed E-state index contributed by atoms with van der Waals surface area (Å²) >= 11 is 1.85. The van der Waals surface area contributed by atoms with Gasteiger partial charge in [-0.25, -0.2) is 0 Å². The molecule has 0 radical (unpaired) electrons. The van der Waals surface area contributed by atoms with Crippen LogP contribution in [0.15, 0.2) is 36.4 Å². The maximum atomic E-state index is 12.7. The van der Waals surface area contributed by atoms with Gasteiger partial charge in [-0.2, -0.15) is 33.4 Å². The number of benzene rings is 2. The summed E-state index contributed by atoms with van der Waals surface area (Å²) in [5.74, 6) is 1.50. The number of thioether (sulfide) groups is 1. The summed E-state index contributed by atoms with van der Waals surface area (Å²) in [5, 5.41) is 11.2. The first-order valence-corrected chi connectivity index (χ1v) is 13.9.